The van der Waals surface area contributed by atoms with E-state index in [1.165, 1.54) is 11.8 Å². The maximum Gasteiger partial charge on any atom is 0.253 e. The van der Waals surface area contributed by atoms with E-state index in [0.717, 1.165) is 16.7 Å². The molecule has 0 saturated heterocycles. The van der Waals surface area contributed by atoms with Crippen molar-refractivity contribution in [1.29, 1.82) is 0 Å². The maximum atomic E-state index is 12.4. The third kappa shape index (κ3) is 6.23. The minimum Gasteiger partial charge on any atom is -0.352 e. The zero-order valence-electron chi connectivity index (χ0n) is 16.8. The largest absolute Gasteiger partial charge is 0.352 e. The van der Waals surface area contributed by atoms with Gasteiger partial charge in [-0.3, -0.25) is 14.4 Å². The lowest BCUT2D eigenvalue weighted by atomic mass is 10.0. The molecule has 0 aliphatic heterocycles. The molecule has 6 heteroatoms. The Bertz CT molecular complexity index is 827. The molecule has 0 aliphatic carbocycles. The molecule has 0 heterocycles. The van der Waals surface area contributed by atoms with Crippen LogP contribution in [0.2, 0.25) is 0 Å². The van der Waals surface area contributed by atoms with Crippen molar-refractivity contribution in [3.05, 3.63) is 70.8 Å². The summed E-state index contributed by atoms with van der Waals surface area (Å²) in [6.45, 7) is 3.78. The fourth-order valence-corrected chi connectivity index (χ4v) is 2.78. The molecule has 28 heavy (non-hydrogen) atoms. The first-order valence-electron chi connectivity index (χ1n) is 9.17. The molecule has 0 bridgehead atoms. The highest BCUT2D eigenvalue weighted by Gasteiger charge is 2.17. The van der Waals surface area contributed by atoms with E-state index in [-0.39, 0.29) is 30.2 Å². The van der Waals surface area contributed by atoms with Gasteiger partial charge in [-0.1, -0.05) is 42.0 Å². The molecule has 6 nitrogen and oxygen atoms in total. The minimum atomic E-state index is -0.377. The molecule has 0 spiro atoms. The average Bonchev–Trinajstić information content (AvgIpc) is 2.66. The molecule has 2 N–H and O–H groups in total. The highest BCUT2D eigenvalue weighted by atomic mass is 16.2. The zero-order chi connectivity index (χ0) is 20.7. The average molecular weight is 381 g/mol. The van der Waals surface area contributed by atoms with Crippen LogP contribution in [0.3, 0.4) is 0 Å². The Balaban J connectivity index is 1.96. The van der Waals surface area contributed by atoms with Crippen LogP contribution < -0.4 is 10.6 Å². The first kappa shape index (κ1) is 21.2. The number of carbonyl (C=O) groups is 3. The molecule has 1 unspecified atom stereocenters. The van der Waals surface area contributed by atoms with Gasteiger partial charge in [-0.05, 0) is 30.2 Å². The Labute approximate surface area is 165 Å². The molecule has 0 fully saturated rings. The van der Waals surface area contributed by atoms with Crippen LogP contribution in [-0.4, -0.2) is 36.7 Å². The van der Waals surface area contributed by atoms with Crippen molar-refractivity contribution in [2.24, 2.45) is 0 Å². The summed E-state index contributed by atoms with van der Waals surface area (Å²) in [6.07, 6.45) is 0.153. The fraction of sp³-hybridized carbons (Fsp3) is 0.318. The molecule has 148 valence electrons. The van der Waals surface area contributed by atoms with Gasteiger partial charge in [-0.2, -0.15) is 0 Å². The van der Waals surface area contributed by atoms with E-state index in [2.05, 4.69) is 10.6 Å². The normalized spacial score (nSPS) is 11.4. The van der Waals surface area contributed by atoms with E-state index in [9.17, 15) is 14.4 Å². The monoisotopic (exact) mass is 381 g/mol. The minimum absolute atomic E-state index is 0.0631. The Kier molecular flexibility index (Phi) is 7.32. The number of carbonyl (C=O) groups excluding carboxylic acids is 3. The SMILES string of the molecule is CC(=O)NC(CC(=O)NCc1ccc(C(=O)N(C)C)cc1)c1ccc(C)cc1. The van der Waals surface area contributed by atoms with Crippen LogP contribution in [0.5, 0.6) is 0 Å². The molecule has 3 amide bonds. The van der Waals surface area contributed by atoms with Crippen LogP contribution in [0.4, 0.5) is 0 Å². The Hall–Kier alpha value is -3.15. The molecule has 2 rings (SSSR count). The van der Waals surface area contributed by atoms with Gasteiger partial charge in [0.1, 0.15) is 0 Å². The molecule has 0 radical (unpaired) electrons. The third-order valence-electron chi connectivity index (χ3n) is 4.34. The molecule has 2 aromatic rings. The summed E-state index contributed by atoms with van der Waals surface area (Å²) >= 11 is 0. The van der Waals surface area contributed by atoms with Crippen molar-refractivity contribution in [3.8, 4) is 0 Å². The van der Waals surface area contributed by atoms with Crippen LogP contribution in [0.1, 0.15) is 46.4 Å². The second-order valence-electron chi connectivity index (χ2n) is 7.04. The number of aryl methyl sites for hydroxylation is 1. The lowest BCUT2D eigenvalue weighted by Gasteiger charge is -2.18. The Morgan fingerprint density at radius 2 is 1.57 bits per heavy atom. The summed E-state index contributed by atoms with van der Waals surface area (Å²) in [7, 11) is 3.41. The predicted molar refractivity (Wildman–Crippen MR) is 109 cm³/mol. The molecule has 2 aromatic carbocycles. The Morgan fingerprint density at radius 3 is 2.11 bits per heavy atom. The first-order valence-corrected chi connectivity index (χ1v) is 9.17. The standard InChI is InChI=1S/C22H27N3O3/c1-15-5-9-18(10-6-15)20(24-16(2)26)13-21(27)23-14-17-7-11-19(12-8-17)22(28)25(3)4/h5-12,20H,13-14H2,1-4H3,(H,23,27)(H,24,26). The van der Waals surface area contributed by atoms with Crippen LogP contribution >= 0.6 is 0 Å². The summed E-state index contributed by atoms with van der Waals surface area (Å²) in [6, 6.07) is 14.5. The van der Waals surface area contributed by atoms with Gasteiger partial charge >= 0.3 is 0 Å². The number of rotatable bonds is 7. The van der Waals surface area contributed by atoms with Crippen LogP contribution in [0.25, 0.3) is 0 Å². The van der Waals surface area contributed by atoms with Gasteiger partial charge in [-0.15, -0.1) is 0 Å². The zero-order valence-corrected chi connectivity index (χ0v) is 16.8. The van der Waals surface area contributed by atoms with Crippen LogP contribution in [0.15, 0.2) is 48.5 Å². The number of hydrogen-bond acceptors (Lipinski definition) is 3. The van der Waals surface area contributed by atoms with Gasteiger partial charge in [0.25, 0.3) is 5.91 Å². The fourth-order valence-electron chi connectivity index (χ4n) is 2.78. The van der Waals surface area contributed by atoms with Crippen molar-refractivity contribution in [2.45, 2.75) is 32.9 Å². The van der Waals surface area contributed by atoms with E-state index in [1.54, 1.807) is 26.2 Å². The van der Waals surface area contributed by atoms with Crippen molar-refractivity contribution in [2.75, 3.05) is 14.1 Å². The first-order chi connectivity index (χ1) is 13.3. The van der Waals surface area contributed by atoms with Gasteiger partial charge in [-0.25, -0.2) is 0 Å². The topological polar surface area (TPSA) is 78.5 Å². The lowest BCUT2D eigenvalue weighted by molar-refractivity contribution is -0.122. The predicted octanol–water partition coefficient (Wildman–Crippen LogP) is 2.58. The summed E-state index contributed by atoms with van der Waals surface area (Å²) < 4.78 is 0. The van der Waals surface area contributed by atoms with Crippen LogP contribution in [-0.2, 0) is 16.1 Å². The van der Waals surface area contributed by atoms with Gasteiger partial charge in [0, 0.05) is 33.1 Å². The highest BCUT2D eigenvalue weighted by molar-refractivity contribution is 5.93. The third-order valence-corrected chi connectivity index (χ3v) is 4.34. The second kappa shape index (κ2) is 9.69. The second-order valence-corrected chi connectivity index (χ2v) is 7.04. The number of amides is 3. The quantitative estimate of drug-likeness (QED) is 0.774. The van der Waals surface area contributed by atoms with Crippen molar-refractivity contribution in [1.82, 2.24) is 15.5 Å². The smallest absolute Gasteiger partial charge is 0.253 e. The van der Waals surface area contributed by atoms with E-state index < -0.39 is 0 Å². The summed E-state index contributed by atoms with van der Waals surface area (Å²) in [5, 5.41) is 5.70. The maximum absolute atomic E-state index is 12.4. The molecule has 0 aliphatic rings. The molecule has 1 atom stereocenters. The Morgan fingerprint density at radius 1 is 0.964 bits per heavy atom. The van der Waals surface area contributed by atoms with Gasteiger partial charge < -0.3 is 15.5 Å². The number of benzene rings is 2. The van der Waals surface area contributed by atoms with Crippen molar-refractivity contribution < 1.29 is 14.4 Å². The van der Waals surface area contributed by atoms with E-state index >= 15 is 0 Å². The van der Waals surface area contributed by atoms with Crippen molar-refractivity contribution >= 4 is 17.7 Å². The number of nitrogens with one attached hydrogen (secondary N) is 2. The number of nitrogens with zero attached hydrogens (tertiary/aromatic N) is 1. The summed E-state index contributed by atoms with van der Waals surface area (Å²) in [4.78, 5) is 37.3. The van der Waals surface area contributed by atoms with Gasteiger partial charge in [0.2, 0.25) is 11.8 Å². The summed E-state index contributed by atoms with van der Waals surface area (Å²) in [5.41, 5.74) is 3.51. The highest BCUT2D eigenvalue weighted by Crippen LogP contribution is 2.18. The lowest BCUT2D eigenvalue weighted by Crippen LogP contribution is -2.32. The van der Waals surface area contributed by atoms with Gasteiger partial charge in [0.15, 0.2) is 0 Å². The van der Waals surface area contributed by atoms with Crippen molar-refractivity contribution in [3.63, 3.8) is 0 Å². The molecule has 0 aromatic heterocycles. The van der Waals surface area contributed by atoms with E-state index in [0.29, 0.717) is 12.1 Å². The van der Waals surface area contributed by atoms with Crippen LogP contribution in [0, 0.1) is 6.92 Å². The van der Waals surface area contributed by atoms with E-state index in [4.69, 9.17) is 0 Å². The molecule has 0 saturated carbocycles. The van der Waals surface area contributed by atoms with Gasteiger partial charge in [0.05, 0.1) is 12.5 Å². The number of hydrogen-bond donors (Lipinski definition) is 2. The molecular weight excluding hydrogens is 354 g/mol. The van der Waals surface area contributed by atoms with E-state index in [1.807, 2.05) is 43.3 Å². The summed E-state index contributed by atoms with van der Waals surface area (Å²) in [5.74, 6) is -0.404. The molecular formula is C22H27N3O3.